The number of ether oxygens (including phenoxy) is 1. The molecule has 1 aliphatic rings. The van der Waals surface area contributed by atoms with Gasteiger partial charge in [0.05, 0.1) is 0 Å². The Kier molecular flexibility index (Phi) is 5.22. The summed E-state index contributed by atoms with van der Waals surface area (Å²) in [6, 6.07) is 0. The molecule has 0 N–H and O–H groups in total. The Bertz CT molecular complexity index is 473. The molecular formula is C18H26O2. The van der Waals surface area contributed by atoms with E-state index in [1.54, 1.807) is 0 Å². The van der Waals surface area contributed by atoms with Gasteiger partial charge in [-0.25, -0.2) is 0 Å². The van der Waals surface area contributed by atoms with E-state index in [1.165, 1.54) is 6.92 Å². The van der Waals surface area contributed by atoms with E-state index >= 15 is 0 Å². The Balaban J connectivity index is 2.86. The van der Waals surface area contributed by atoms with E-state index in [0.717, 1.165) is 24.8 Å². The lowest BCUT2D eigenvalue weighted by atomic mass is 9.66. The van der Waals surface area contributed by atoms with Crippen LogP contribution < -0.4 is 0 Å². The van der Waals surface area contributed by atoms with Gasteiger partial charge in [0.15, 0.2) is 6.10 Å². The maximum atomic E-state index is 11.2. The zero-order valence-corrected chi connectivity index (χ0v) is 13.4. The summed E-state index contributed by atoms with van der Waals surface area (Å²) in [5.41, 5.74) is 1.09. The minimum atomic E-state index is -0.368. The Morgan fingerprint density at radius 2 is 2.05 bits per heavy atom. The van der Waals surface area contributed by atoms with Crippen LogP contribution in [0.3, 0.4) is 0 Å². The van der Waals surface area contributed by atoms with E-state index in [0.29, 0.717) is 0 Å². The third kappa shape index (κ3) is 5.65. The molecule has 0 aromatic rings. The predicted molar refractivity (Wildman–Crippen MR) is 83.0 cm³/mol. The molecule has 2 heteroatoms. The van der Waals surface area contributed by atoms with Crippen LogP contribution in [0.4, 0.5) is 0 Å². The van der Waals surface area contributed by atoms with Crippen LogP contribution in [0.15, 0.2) is 24.3 Å². The highest BCUT2D eigenvalue weighted by atomic mass is 16.5. The van der Waals surface area contributed by atoms with Crippen LogP contribution in [0.5, 0.6) is 0 Å². The standard InChI is InChI=1S/C18H26O2/c1-14(2)8-9-16(20-15(3)19)12-18(6)11-7-10-17(4,5)13-18/h7,11,16H,1,10,12-13H2,2-6H3. The van der Waals surface area contributed by atoms with Crippen molar-refractivity contribution in [2.24, 2.45) is 10.8 Å². The van der Waals surface area contributed by atoms with Gasteiger partial charge in [-0.3, -0.25) is 4.79 Å². The van der Waals surface area contributed by atoms with E-state index in [4.69, 9.17) is 4.74 Å². The van der Waals surface area contributed by atoms with Crippen LogP contribution in [0, 0.1) is 22.7 Å². The minimum absolute atomic E-state index is 0.0195. The molecule has 1 rings (SSSR count). The molecule has 0 saturated heterocycles. The first-order valence-electron chi connectivity index (χ1n) is 7.14. The molecule has 0 aromatic carbocycles. The normalized spacial score (nSPS) is 25.2. The topological polar surface area (TPSA) is 26.3 Å². The maximum Gasteiger partial charge on any atom is 0.303 e. The van der Waals surface area contributed by atoms with Crippen LogP contribution >= 0.6 is 0 Å². The molecule has 0 fully saturated rings. The van der Waals surface area contributed by atoms with Gasteiger partial charge in [-0.15, -0.1) is 0 Å². The summed E-state index contributed by atoms with van der Waals surface area (Å²) in [5.74, 6) is 5.67. The molecule has 0 heterocycles. The highest BCUT2D eigenvalue weighted by Crippen LogP contribution is 2.44. The van der Waals surface area contributed by atoms with Crippen molar-refractivity contribution in [2.75, 3.05) is 0 Å². The van der Waals surface area contributed by atoms with Crippen LogP contribution in [0.2, 0.25) is 0 Å². The van der Waals surface area contributed by atoms with Gasteiger partial charge in [0.1, 0.15) is 0 Å². The van der Waals surface area contributed by atoms with Crippen molar-refractivity contribution < 1.29 is 9.53 Å². The van der Waals surface area contributed by atoms with Gasteiger partial charge in [0.25, 0.3) is 0 Å². The Hall–Kier alpha value is -1.49. The minimum Gasteiger partial charge on any atom is -0.449 e. The molecule has 2 unspecified atom stereocenters. The van der Waals surface area contributed by atoms with Crippen molar-refractivity contribution in [3.63, 3.8) is 0 Å². The highest BCUT2D eigenvalue weighted by Gasteiger charge is 2.35. The molecule has 20 heavy (non-hydrogen) atoms. The van der Waals surface area contributed by atoms with Gasteiger partial charge in [-0.2, -0.15) is 0 Å². The van der Waals surface area contributed by atoms with Crippen molar-refractivity contribution >= 4 is 5.97 Å². The molecule has 0 radical (unpaired) electrons. The first-order valence-corrected chi connectivity index (χ1v) is 7.14. The molecule has 2 nitrogen and oxygen atoms in total. The summed E-state index contributed by atoms with van der Waals surface area (Å²) in [6.07, 6.45) is 7.01. The molecule has 0 bridgehead atoms. The number of hydrogen-bond acceptors (Lipinski definition) is 2. The summed E-state index contributed by atoms with van der Waals surface area (Å²) in [6.45, 7) is 13.8. The maximum absolute atomic E-state index is 11.2. The predicted octanol–water partition coefficient (Wildman–Crippen LogP) is 4.27. The smallest absolute Gasteiger partial charge is 0.303 e. The van der Waals surface area contributed by atoms with E-state index in [9.17, 15) is 4.79 Å². The molecule has 0 aromatic heterocycles. The SMILES string of the molecule is C=C(C)C#CC(CC1(C)C=CCC(C)(C)C1)OC(C)=O. The van der Waals surface area contributed by atoms with Crippen LogP contribution in [-0.4, -0.2) is 12.1 Å². The quantitative estimate of drug-likeness (QED) is 0.436. The van der Waals surface area contributed by atoms with E-state index in [-0.39, 0.29) is 22.9 Å². The Morgan fingerprint density at radius 3 is 2.55 bits per heavy atom. The van der Waals surface area contributed by atoms with E-state index in [1.807, 2.05) is 6.92 Å². The fourth-order valence-corrected chi connectivity index (χ4v) is 2.98. The van der Waals surface area contributed by atoms with Crippen LogP contribution in [0.1, 0.15) is 53.9 Å². The summed E-state index contributed by atoms with van der Waals surface area (Å²) < 4.78 is 5.35. The zero-order chi connectivity index (χ0) is 15.4. The lowest BCUT2D eigenvalue weighted by molar-refractivity contribution is -0.144. The summed E-state index contributed by atoms with van der Waals surface area (Å²) in [7, 11) is 0. The Morgan fingerprint density at radius 1 is 1.40 bits per heavy atom. The summed E-state index contributed by atoms with van der Waals surface area (Å²) in [4.78, 5) is 11.2. The molecule has 110 valence electrons. The number of allylic oxidation sites excluding steroid dienone is 3. The second-order valence-corrected chi connectivity index (χ2v) is 6.95. The molecule has 2 atom stereocenters. The van der Waals surface area contributed by atoms with Gasteiger partial charge in [-0.05, 0) is 36.2 Å². The number of carbonyl (C=O) groups is 1. The number of esters is 1. The lowest BCUT2D eigenvalue weighted by Crippen LogP contribution is -2.31. The fraction of sp³-hybridized carbons (Fsp3) is 0.611. The molecule has 1 aliphatic carbocycles. The Labute approximate surface area is 123 Å². The second-order valence-electron chi connectivity index (χ2n) is 6.95. The van der Waals surface area contributed by atoms with Crippen molar-refractivity contribution in [1.82, 2.24) is 0 Å². The van der Waals surface area contributed by atoms with Crippen molar-refractivity contribution in [3.8, 4) is 11.8 Å². The van der Waals surface area contributed by atoms with E-state index < -0.39 is 0 Å². The zero-order valence-electron chi connectivity index (χ0n) is 13.4. The summed E-state index contributed by atoms with van der Waals surface area (Å²) >= 11 is 0. The van der Waals surface area contributed by atoms with Gasteiger partial charge in [0, 0.05) is 13.3 Å². The lowest BCUT2D eigenvalue weighted by Gasteiger charge is -2.39. The van der Waals surface area contributed by atoms with E-state index in [2.05, 4.69) is 51.3 Å². The van der Waals surface area contributed by atoms with Gasteiger partial charge in [-0.1, -0.05) is 51.3 Å². The second kappa shape index (κ2) is 6.31. The number of rotatable bonds is 3. The first kappa shape index (κ1) is 16.6. The molecular weight excluding hydrogens is 248 g/mol. The largest absolute Gasteiger partial charge is 0.449 e. The average molecular weight is 274 g/mol. The first-order chi connectivity index (χ1) is 9.12. The van der Waals surface area contributed by atoms with Crippen molar-refractivity contribution in [2.45, 2.75) is 60.0 Å². The van der Waals surface area contributed by atoms with Crippen LogP contribution in [0.25, 0.3) is 0 Å². The average Bonchev–Trinajstić information content (AvgIpc) is 2.22. The third-order valence-corrected chi connectivity index (χ3v) is 3.48. The fourth-order valence-electron chi connectivity index (χ4n) is 2.98. The number of carbonyl (C=O) groups excluding carboxylic acids is 1. The number of hydrogen-bond donors (Lipinski definition) is 0. The highest BCUT2D eigenvalue weighted by molar-refractivity contribution is 5.66. The van der Waals surface area contributed by atoms with Crippen molar-refractivity contribution in [1.29, 1.82) is 0 Å². The molecule has 0 amide bonds. The third-order valence-electron chi connectivity index (χ3n) is 3.48. The van der Waals surface area contributed by atoms with Gasteiger partial charge >= 0.3 is 5.97 Å². The monoisotopic (exact) mass is 274 g/mol. The van der Waals surface area contributed by atoms with Crippen molar-refractivity contribution in [3.05, 3.63) is 24.3 Å². The van der Waals surface area contributed by atoms with Gasteiger partial charge in [0.2, 0.25) is 0 Å². The van der Waals surface area contributed by atoms with Gasteiger partial charge < -0.3 is 4.74 Å². The summed E-state index contributed by atoms with van der Waals surface area (Å²) in [5, 5.41) is 0. The molecule has 0 spiro atoms. The van der Waals surface area contributed by atoms with Crippen LogP contribution in [-0.2, 0) is 9.53 Å². The molecule has 0 aliphatic heterocycles. The molecule has 0 saturated carbocycles.